The number of nitrogens with one attached hydrogen (secondary N) is 3. The molecule has 232 valence electrons. The van der Waals surface area contributed by atoms with Crippen molar-refractivity contribution in [1.82, 2.24) is 25.8 Å². The summed E-state index contributed by atoms with van der Waals surface area (Å²) >= 11 is 1.24. The fourth-order valence-electron chi connectivity index (χ4n) is 4.67. The highest BCUT2D eigenvalue weighted by Gasteiger charge is 2.34. The second kappa shape index (κ2) is 16.9. The van der Waals surface area contributed by atoms with E-state index >= 15 is 0 Å². The van der Waals surface area contributed by atoms with Crippen LogP contribution in [0.2, 0.25) is 0 Å². The highest BCUT2D eigenvalue weighted by atomic mass is 32.1. The first-order valence-corrected chi connectivity index (χ1v) is 15.1. The summed E-state index contributed by atoms with van der Waals surface area (Å²) in [6, 6.07) is 7.05. The third-order valence-electron chi connectivity index (χ3n) is 7.40. The molecule has 0 aliphatic heterocycles. The van der Waals surface area contributed by atoms with E-state index < -0.39 is 30.1 Å². The highest BCUT2D eigenvalue weighted by Crippen LogP contribution is 2.30. The molecular formula is C30H45N5O6S. The third kappa shape index (κ3) is 9.88. The summed E-state index contributed by atoms with van der Waals surface area (Å²) in [6.07, 6.45) is 0.756. The molecule has 0 spiro atoms. The molecule has 12 heteroatoms. The molecule has 42 heavy (non-hydrogen) atoms. The highest BCUT2D eigenvalue weighted by molar-refractivity contribution is 7.09. The number of rotatable bonds is 17. The molecule has 0 fully saturated rings. The molecule has 1 heterocycles. The Bertz CT molecular complexity index is 1170. The van der Waals surface area contributed by atoms with Crippen LogP contribution in [-0.4, -0.2) is 84.6 Å². The molecule has 1 aromatic carbocycles. The topological polar surface area (TPSA) is 150 Å². The van der Waals surface area contributed by atoms with Crippen LogP contribution < -0.4 is 16.0 Å². The molecule has 0 radical (unpaired) electrons. The Morgan fingerprint density at radius 1 is 1.10 bits per heavy atom. The number of ether oxygens (including phenoxy) is 1. The van der Waals surface area contributed by atoms with Gasteiger partial charge in [-0.3, -0.25) is 14.4 Å². The number of carbonyl (C=O) groups is 4. The lowest BCUT2D eigenvalue weighted by atomic mass is 9.93. The smallest absolute Gasteiger partial charge is 0.326 e. The number of hydrogen-bond donors (Lipinski definition) is 4. The molecule has 3 amide bonds. The Kier molecular flexibility index (Phi) is 14.1. The maximum absolute atomic E-state index is 13.7. The van der Waals surface area contributed by atoms with Gasteiger partial charge in [-0.15, -0.1) is 11.3 Å². The van der Waals surface area contributed by atoms with Gasteiger partial charge in [-0.2, -0.15) is 0 Å². The van der Waals surface area contributed by atoms with Gasteiger partial charge in [0, 0.05) is 38.4 Å². The summed E-state index contributed by atoms with van der Waals surface area (Å²) in [6.45, 7) is 8.06. The number of benzene rings is 1. The maximum atomic E-state index is 13.7. The standard InChI is InChI=1S/C30H45N5O6S/c1-8-19(4)26(34-25(36)16-31-5)29(38)35(6)23(18(2)3)15-24(41-7)28-33-22(17-42-28)27(37)32-21(30(39)40)14-20-12-10-9-11-13-20/h9-13,17-19,21,23-24,26,31H,8,14-16H2,1-7H3,(H,32,37)(H,34,36)(H,39,40)/t19?,21-,23+,24?,26-/m0/s1. The molecule has 4 N–H and O–H groups in total. The van der Waals surface area contributed by atoms with E-state index in [9.17, 15) is 24.3 Å². The third-order valence-corrected chi connectivity index (χ3v) is 8.34. The Labute approximate surface area is 252 Å². The van der Waals surface area contributed by atoms with E-state index in [0.717, 1.165) is 12.0 Å². The van der Waals surface area contributed by atoms with Crippen molar-refractivity contribution in [3.8, 4) is 0 Å². The number of amides is 3. The van der Waals surface area contributed by atoms with Gasteiger partial charge in [-0.25, -0.2) is 9.78 Å². The lowest BCUT2D eigenvalue weighted by Crippen LogP contribution is -2.55. The van der Waals surface area contributed by atoms with E-state index in [1.165, 1.54) is 11.3 Å². The van der Waals surface area contributed by atoms with Gasteiger partial charge in [0.05, 0.1) is 6.54 Å². The largest absolute Gasteiger partial charge is 0.480 e. The number of nitrogens with zero attached hydrogens (tertiary/aromatic N) is 2. The Morgan fingerprint density at radius 3 is 2.31 bits per heavy atom. The molecule has 11 nitrogen and oxygen atoms in total. The first-order valence-electron chi connectivity index (χ1n) is 14.2. The quantitative estimate of drug-likeness (QED) is 0.216. The van der Waals surface area contributed by atoms with E-state index in [4.69, 9.17) is 4.74 Å². The lowest BCUT2D eigenvalue weighted by molar-refractivity contribution is -0.140. The van der Waals surface area contributed by atoms with Gasteiger partial charge in [-0.05, 0) is 24.4 Å². The molecular weight excluding hydrogens is 558 g/mol. The van der Waals surface area contributed by atoms with Crippen molar-refractivity contribution in [3.05, 3.63) is 52.0 Å². The van der Waals surface area contributed by atoms with Crippen LogP contribution in [-0.2, 0) is 25.5 Å². The number of methoxy groups -OCH3 is 1. The summed E-state index contributed by atoms with van der Waals surface area (Å²) in [5.41, 5.74) is 0.894. The van der Waals surface area contributed by atoms with Crippen LogP contribution in [0.15, 0.2) is 35.7 Å². The minimum atomic E-state index is -1.14. The van der Waals surface area contributed by atoms with Crippen molar-refractivity contribution in [2.24, 2.45) is 11.8 Å². The van der Waals surface area contributed by atoms with Crippen molar-refractivity contribution in [2.45, 2.75) is 71.2 Å². The van der Waals surface area contributed by atoms with Crippen LogP contribution in [0.25, 0.3) is 0 Å². The molecule has 1 aromatic heterocycles. The minimum Gasteiger partial charge on any atom is -0.480 e. The number of carboxylic acids is 1. The minimum absolute atomic E-state index is 0.0548. The number of hydrogen-bond acceptors (Lipinski definition) is 8. The van der Waals surface area contributed by atoms with E-state index in [2.05, 4.69) is 20.9 Å². The van der Waals surface area contributed by atoms with Crippen LogP contribution >= 0.6 is 11.3 Å². The van der Waals surface area contributed by atoms with Crippen molar-refractivity contribution in [1.29, 1.82) is 0 Å². The first kappa shape index (κ1) is 34.8. The van der Waals surface area contributed by atoms with Gasteiger partial charge in [0.2, 0.25) is 11.8 Å². The Morgan fingerprint density at radius 2 is 1.76 bits per heavy atom. The summed E-state index contributed by atoms with van der Waals surface area (Å²) in [5.74, 6) is -2.16. The predicted molar refractivity (Wildman–Crippen MR) is 162 cm³/mol. The second-order valence-electron chi connectivity index (χ2n) is 10.8. The van der Waals surface area contributed by atoms with Gasteiger partial charge < -0.3 is 30.7 Å². The second-order valence-corrected chi connectivity index (χ2v) is 11.7. The van der Waals surface area contributed by atoms with Gasteiger partial charge in [-0.1, -0.05) is 64.4 Å². The van der Waals surface area contributed by atoms with E-state index in [0.29, 0.717) is 11.4 Å². The van der Waals surface area contributed by atoms with Crippen LogP contribution in [0.5, 0.6) is 0 Å². The van der Waals surface area contributed by atoms with Crippen LogP contribution in [0, 0.1) is 11.8 Å². The molecule has 0 aliphatic carbocycles. The number of aliphatic carboxylic acids is 1. The van der Waals surface area contributed by atoms with Gasteiger partial charge >= 0.3 is 5.97 Å². The average molecular weight is 604 g/mol. The van der Waals surface area contributed by atoms with E-state index in [-0.39, 0.29) is 48.4 Å². The van der Waals surface area contributed by atoms with Gasteiger partial charge in [0.15, 0.2) is 0 Å². The molecule has 0 aliphatic rings. The molecule has 0 saturated heterocycles. The zero-order valence-corrected chi connectivity index (χ0v) is 26.4. The first-order chi connectivity index (χ1) is 19.9. The number of aromatic nitrogens is 1. The van der Waals surface area contributed by atoms with E-state index in [1.54, 1.807) is 43.6 Å². The number of thiazole rings is 1. The summed E-state index contributed by atoms with van der Waals surface area (Å²) in [5, 5.41) is 20.0. The molecule has 2 aromatic rings. The van der Waals surface area contributed by atoms with Crippen LogP contribution in [0.3, 0.4) is 0 Å². The van der Waals surface area contributed by atoms with E-state index in [1.807, 2.05) is 45.9 Å². The van der Waals surface area contributed by atoms with Crippen molar-refractivity contribution in [3.63, 3.8) is 0 Å². The van der Waals surface area contributed by atoms with Gasteiger partial charge in [0.25, 0.3) is 5.91 Å². The Balaban J connectivity index is 2.18. The molecule has 0 saturated carbocycles. The lowest BCUT2D eigenvalue weighted by Gasteiger charge is -2.37. The summed E-state index contributed by atoms with van der Waals surface area (Å²) < 4.78 is 5.77. The number of carbonyl (C=O) groups excluding carboxylic acids is 3. The average Bonchev–Trinajstić information content (AvgIpc) is 3.46. The SMILES string of the molecule is CCC(C)[C@H](NC(=O)CNC)C(=O)N(C)[C@H](CC(OC)c1nc(C(=O)N[C@@H](Cc2ccccc2)C(=O)O)cs1)C(C)C. The van der Waals surface area contributed by atoms with Crippen molar-refractivity contribution < 1.29 is 29.0 Å². The predicted octanol–water partition coefficient (Wildman–Crippen LogP) is 2.88. The molecule has 5 atom stereocenters. The fraction of sp³-hybridized carbons (Fsp3) is 0.567. The molecule has 2 unspecified atom stereocenters. The fourth-order valence-corrected chi connectivity index (χ4v) is 5.55. The zero-order chi connectivity index (χ0) is 31.4. The Hall–Kier alpha value is -3.35. The van der Waals surface area contributed by atoms with Crippen LogP contribution in [0.4, 0.5) is 0 Å². The zero-order valence-electron chi connectivity index (χ0n) is 25.5. The number of likely N-dealkylation sites (N-methyl/N-ethyl adjacent to an activating group) is 2. The monoisotopic (exact) mass is 603 g/mol. The summed E-state index contributed by atoms with van der Waals surface area (Å²) in [4.78, 5) is 56.9. The van der Waals surface area contributed by atoms with Crippen LogP contribution in [0.1, 0.15) is 67.7 Å². The molecule has 2 rings (SSSR count). The number of carboxylic acid groups (broad SMARTS) is 1. The van der Waals surface area contributed by atoms with Crippen molar-refractivity contribution in [2.75, 3.05) is 27.7 Å². The molecule has 0 bridgehead atoms. The summed E-state index contributed by atoms with van der Waals surface area (Å²) in [7, 11) is 4.96. The maximum Gasteiger partial charge on any atom is 0.326 e. The van der Waals surface area contributed by atoms with Gasteiger partial charge in [0.1, 0.15) is 28.9 Å². The van der Waals surface area contributed by atoms with Crippen molar-refractivity contribution >= 4 is 35.0 Å². The normalized spacial score (nSPS) is 14.9.